The summed E-state index contributed by atoms with van der Waals surface area (Å²) < 4.78 is 14.3. The second kappa shape index (κ2) is 8.66. The van der Waals surface area contributed by atoms with Crippen LogP contribution >= 0.6 is 11.3 Å². The molecule has 174 valence electrons. The van der Waals surface area contributed by atoms with Gasteiger partial charge in [0, 0.05) is 24.7 Å². The van der Waals surface area contributed by atoms with Crippen LogP contribution in [0.4, 0.5) is 10.3 Å². The molecule has 0 aromatic carbocycles. The van der Waals surface area contributed by atoms with Gasteiger partial charge in [0.25, 0.3) is 5.91 Å². The molecule has 10 heteroatoms. The Morgan fingerprint density at radius 2 is 1.97 bits per heavy atom. The number of anilines is 1. The highest BCUT2D eigenvalue weighted by atomic mass is 32.1. The third kappa shape index (κ3) is 4.80. The molecular formula is C23H27FN6O2S. The van der Waals surface area contributed by atoms with Crippen molar-refractivity contribution in [3.05, 3.63) is 46.5 Å². The number of carbonyl (C=O) groups is 2. The van der Waals surface area contributed by atoms with Gasteiger partial charge in [-0.25, -0.2) is 14.4 Å². The maximum absolute atomic E-state index is 13.6. The summed E-state index contributed by atoms with van der Waals surface area (Å²) in [6.45, 7) is 10.2. The predicted octanol–water partition coefficient (Wildman–Crippen LogP) is 3.69. The number of nitrogens with zero attached hydrogens (tertiary/aromatic N) is 4. The van der Waals surface area contributed by atoms with Crippen LogP contribution in [0.15, 0.2) is 23.8 Å². The topological polar surface area (TPSA) is 100 Å². The summed E-state index contributed by atoms with van der Waals surface area (Å²) in [5.74, 6) is -0.367. The van der Waals surface area contributed by atoms with Crippen molar-refractivity contribution < 1.29 is 14.0 Å². The molecule has 0 saturated carbocycles. The first-order valence-corrected chi connectivity index (χ1v) is 11.6. The summed E-state index contributed by atoms with van der Waals surface area (Å²) in [6.07, 6.45) is 2.72. The van der Waals surface area contributed by atoms with Crippen molar-refractivity contribution in [3.8, 4) is 0 Å². The third-order valence-corrected chi connectivity index (χ3v) is 6.65. The molecule has 8 nitrogen and oxygen atoms in total. The number of thiophene rings is 1. The Morgan fingerprint density at radius 1 is 1.24 bits per heavy atom. The van der Waals surface area contributed by atoms with E-state index in [2.05, 4.69) is 25.6 Å². The fraction of sp³-hybridized carbons (Fsp3) is 0.435. The van der Waals surface area contributed by atoms with Crippen LogP contribution in [0.5, 0.6) is 0 Å². The van der Waals surface area contributed by atoms with Gasteiger partial charge in [-0.1, -0.05) is 20.8 Å². The third-order valence-electron chi connectivity index (χ3n) is 5.55. The fourth-order valence-corrected chi connectivity index (χ4v) is 4.44. The van der Waals surface area contributed by atoms with Gasteiger partial charge in [0.1, 0.15) is 5.82 Å². The molecule has 1 atom stereocenters. The zero-order valence-electron chi connectivity index (χ0n) is 19.3. The van der Waals surface area contributed by atoms with E-state index < -0.39 is 11.2 Å². The van der Waals surface area contributed by atoms with E-state index in [1.54, 1.807) is 11.1 Å². The number of nitrogens with one attached hydrogen (secondary N) is 2. The van der Waals surface area contributed by atoms with E-state index in [-0.39, 0.29) is 23.9 Å². The minimum absolute atomic E-state index is 0.0368. The van der Waals surface area contributed by atoms with Crippen LogP contribution < -0.4 is 10.6 Å². The first-order chi connectivity index (χ1) is 15.5. The van der Waals surface area contributed by atoms with Gasteiger partial charge in [-0.2, -0.15) is 0 Å². The van der Waals surface area contributed by atoms with Crippen LogP contribution in [-0.4, -0.2) is 50.8 Å². The second-order valence-corrected chi connectivity index (χ2v) is 10.3. The number of pyridine rings is 1. The highest BCUT2D eigenvalue weighted by Gasteiger charge is 2.36. The van der Waals surface area contributed by atoms with Crippen molar-refractivity contribution in [2.75, 3.05) is 18.4 Å². The molecule has 0 aliphatic carbocycles. The number of fused-ring (bicyclic) bond motifs is 1. The first-order valence-electron chi connectivity index (χ1n) is 10.8. The lowest BCUT2D eigenvalue weighted by Crippen LogP contribution is -2.62. The number of amides is 2. The average Bonchev–Trinajstić information content (AvgIpc) is 3.09. The normalized spacial score (nSPS) is 15.3. The van der Waals surface area contributed by atoms with Crippen molar-refractivity contribution in [1.82, 2.24) is 25.2 Å². The number of hydrogen-bond donors (Lipinski definition) is 2. The number of aryl methyl sites for hydroxylation is 1. The van der Waals surface area contributed by atoms with E-state index in [0.717, 1.165) is 16.5 Å². The molecule has 1 saturated heterocycles. The lowest BCUT2D eigenvalue weighted by molar-refractivity contribution is -0.130. The molecule has 1 fully saturated rings. The number of halogens is 1. The number of aromatic nitrogens is 3. The first kappa shape index (κ1) is 23.0. The summed E-state index contributed by atoms with van der Waals surface area (Å²) in [5.41, 5.74) is 2.16. The number of likely N-dealkylation sites (tertiary alicyclic amines) is 1. The standard InChI is InChI=1S/C23H27FN6O2S/c1-12-11-33-19-17(12)28-22(26-13(2)14-6-15(24)8-25-7-14)29-18(19)20(31)30-9-16(10-30)27-21(32)23(3,4)5/h6-8,11,13,16H,9-10H2,1-5H3,(H,27,32)(H,26,28,29). The molecule has 3 aromatic heterocycles. The molecule has 0 radical (unpaired) electrons. The quantitative estimate of drug-likeness (QED) is 0.590. The molecule has 33 heavy (non-hydrogen) atoms. The van der Waals surface area contributed by atoms with E-state index in [4.69, 9.17) is 0 Å². The van der Waals surface area contributed by atoms with Gasteiger partial charge in [-0.05, 0) is 36.4 Å². The average molecular weight is 471 g/mol. The second-order valence-electron chi connectivity index (χ2n) is 9.43. The summed E-state index contributed by atoms with van der Waals surface area (Å²) in [5, 5.41) is 8.09. The summed E-state index contributed by atoms with van der Waals surface area (Å²) in [7, 11) is 0. The molecular weight excluding hydrogens is 443 g/mol. The van der Waals surface area contributed by atoms with Crippen LogP contribution in [0.1, 0.15) is 55.4 Å². The molecule has 1 aliphatic rings. The molecule has 0 spiro atoms. The van der Waals surface area contributed by atoms with E-state index in [1.165, 1.54) is 17.4 Å². The number of hydrogen-bond acceptors (Lipinski definition) is 7. The smallest absolute Gasteiger partial charge is 0.274 e. The maximum Gasteiger partial charge on any atom is 0.274 e. The minimum Gasteiger partial charge on any atom is -0.349 e. The lowest BCUT2D eigenvalue weighted by atomic mass is 9.94. The highest BCUT2D eigenvalue weighted by Crippen LogP contribution is 2.30. The Balaban J connectivity index is 1.54. The lowest BCUT2D eigenvalue weighted by Gasteiger charge is -2.40. The van der Waals surface area contributed by atoms with Gasteiger partial charge in [-0.15, -0.1) is 11.3 Å². The molecule has 3 aromatic rings. The van der Waals surface area contributed by atoms with Crippen molar-refractivity contribution in [1.29, 1.82) is 0 Å². The minimum atomic E-state index is -0.480. The van der Waals surface area contributed by atoms with Crippen LogP contribution in [0, 0.1) is 18.2 Å². The van der Waals surface area contributed by atoms with Crippen molar-refractivity contribution in [2.45, 2.75) is 46.7 Å². The van der Waals surface area contributed by atoms with E-state index in [9.17, 15) is 14.0 Å². The van der Waals surface area contributed by atoms with Crippen LogP contribution in [0.2, 0.25) is 0 Å². The van der Waals surface area contributed by atoms with Crippen LogP contribution in [-0.2, 0) is 4.79 Å². The molecule has 4 rings (SSSR count). The maximum atomic E-state index is 13.6. The Labute approximate surface area is 195 Å². The monoisotopic (exact) mass is 470 g/mol. The van der Waals surface area contributed by atoms with E-state index in [1.807, 2.05) is 40.0 Å². The van der Waals surface area contributed by atoms with Crippen LogP contribution in [0.25, 0.3) is 10.2 Å². The predicted molar refractivity (Wildman–Crippen MR) is 126 cm³/mol. The SMILES string of the molecule is Cc1csc2c(C(=O)N3CC(NC(=O)C(C)(C)C)C3)nc(NC(C)c3cncc(F)c3)nc12. The molecule has 2 N–H and O–H groups in total. The Hall–Kier alpha value is -3.14. The summed E-state index contributed by atoms with van der Waals surface area (Å²) in [6, 6.07) is 1.02. The van der Waals surface area contributed by atoms with Gasteiger partial charge < -0.3 is 15.5 Å². The molecule has 1 aliphatic heterocycles. The molecule has 2 amide bonds. The zero-order valence-corrected chi connectivity index (χ0v) is 20.1. The number of rotatable bonds is 5. The van der Waals surface area contributed by atoms with E-state index in [0.29, 0.717) is 35.8 Å². The fourth-order valence-electron chi connectivity index (χ4n) is 3.47. The van der Waals surface area contributed by atoms with Crippen molar-refractivity contribution >= 4 is 39.3 Å². The Bertz CT molecular complexity index is 1220. The summed E-state index contributed by atoms with van der Waals surface area (Å²) in [4.78, 5) is 40.2. The number of carbonyl (C=O) groups excluding carboxylic acids is 2. The van der Waals surface area contributed by atoms with Gasteiger partial charge in [0.05, 0.1) is 28.5 Å². The largest absolute Gasteiger partial charge is 0.349 e. The van der Waals surface area contributed by atoms with Gasteiger partial charge in [-0.3, -0.25) is 14.6 Å². The Morgan fingerprint density at radius 3 is 2.64 bits per heavy atom. The van der Waals surface area contributed by atoms with Gasteiger partial charge in [0.15, 0.2) is 5.69 Å². The summed E-state index contributed by atoms with van der Waals surface area (Å²) >= 11 is 1.43. The van der Waals surface area contributed by atoms with Gasteiger partial charge in [0.2, 0.25) is 11.9 Å². The van der Waals surface area contributed by atoms with E-state index >= 15 is 0 Å². The van der Waals surface area contributed by atoms with Crippen molar-refractivity contribution in [2.24, 2.45) is 5.41 Å². The highest BCUT2D eigenvalue weighted by molar-refractivity contribution is 7.17. The molecule has 1 unspecified atom stereocenters. The molecule has 4 heterocycles. The van der Waals surface area contributed by atoms with Gasteiger partial charge >= 0.3 is 0 Å². The van der Waals surface area contributed by atoms with Crippen LogP contribution in [0.3, 0.4) is 0 Å². The Kier molecular flexibility index (Phi) is 6.04. The van der Waals surface area contributed by atoms with Crippen molar-refractivity contribution in [3.63, 3.8) is 0 Å². The molecule has 0 bridgehead atoms. The zero-order chi connectivity index (χ0) is 23.9.